The molecule has 0 amide bonds. The molecule has 0 unspecified atom stereocenters. The maximum absolute atomic E-state index is 3.80. The van der Waals surface area contributed by atoms with Crippen molar-refractivity contribution >= 4 is 65.2 Å². The molecule has 0 bridgehead atoms. The first-order valence-electron chi connectivity index (χ1n) is 14.2. The zero-order chi connectivity index (χ0) is 25.9. The Labute approximate surface area is 227 Å². The number of rotatable bonds is 5. The first kappa shape index (κ1) is 22.4. The van der Waals surface area contributed by atoms with E-state index in [1.54, 1.807) is 0 Å². The maximum atomic E-state index is 3.80. The van der Waals surface area contributed by atoms with Gasteiger partial charge in [0, 0.05) is 49.3 Å². The molecule has 2 N–H and O–H groups in total. The molecule has 0 aliphatic carbocycles. The largest absolute Gasteiger partial charge is 0.354 e. The van der Waals surface area contributed by atoms with Crippen molar-refractivity contribution in [1.29, 1.82) is 0 Å². The topological polar surface area (TPSA) is 31.6 Å². The lowest BCUT2D eigenvalue weighted by Gasteiger charge is -2.22. The summed E-state index contributed by atoms with van der Waals surface area (Å²) in [4.78, 5) is 7.60. The van der Waals surface area contributed by atoms with Crippen molar-refractivity contribution in [3.8, 4) is 0 Å². The average molecular weight is 503 g/mol. The summed E-state index contributed by atoms with van der Waals surface area (Å²) in [5, 5.41) is 10.5. The quantitative estimate of drug-likeness (QED) is 0.235. The molecule has 0 aliphatic heterocycles. The van der Waals surface area contributed by atoms with E-state index < -0.39 is 0 Å². The predicted molar refractivity (Wildman–Crippen MR) is 168 cm³/mol. The van der Waals surface area contributed by atoms with Gasteiger partial charge in [-0.05, 0) is 40.5 Å². The third kappa shape index (κ3) is 3.34. The Morgan fingerprint density at radius 1 is 0.513 bits per heavy atom. The molecule has 2 heterocycles. The van der Waals surface area contributed by atoms with E-state index in [0.29, 0.717) is 0 Å². The highest BCUT2D eigenvalue weighted by Gasteiger charge is 2.22. The number of aromatic nitrogens is 2. The van der Waals surface area contributed by atoms with Crippen molar-refractivity contribution in [3.05, 3.63) is 120 Å². The van der Waals surface area contributed by atoms with Gasteiger partial charge in [0.1, 0.15) is 0 Å². The molecular formula is C37H30N2. The van der Waals surface area contributed by atoms with Crippen LogP contribution in [0.5, 0.6) is 0 Å². The fraction of sp³-hybridized carbons (Fsp3) is 0.135. The van der Waals surface area contributed by atoms with Crippen LogP contribution in [0.25, 0.3) is 65.2 Å². The first-order chi connectivity index (χ1) is 19.3. The average Bonchev–Trinajstić information content (AvgIpc) is 3.56. The molecule has 188 valence electrons. The van der Waals surface area contributed by atoms with Gasteiger partial charge in [0.25, 0.3) is 0 Å². The van der Waals surface area contributed by atoms with E-state index in [2.05, 4.69) is 126 Å². The van der Waals surface area contributed by atoms with Crippen LogP contribution in [0.15, 0.2) is 109 Å². The van der Waals surface area contributed by atoms with E-state index >= 15 is 0 Å². The van der Waals surface area contributed by atoms with Gasteiger partial charge in [-0.3, -0.25) is 0 Å². The van der Waals surface area contributed by atoms with Crippen LogP contribution < -0.4 is 0 Å². The normalized spacial score (nSPS) is 12.3. The number of nitrogens with one attached hydrogen (secondary N) is 2. The predicted octanol–water partition coefficient (Wildman–Crippen LogP) is 10.6. The van der Waals surface area contributed by atoms with E-state index in [0.717, 1.165) is 6.42 Å². The van der Waals surface area contributed by atoms with Gasteiger partial charge < -0.3 is 9.97 Å². The van der Waals surface area contributed by atoms with Crippen LogP contribution in [0.2, 0.25) is 0 Å². The van der Waals surface area contributed by atoms with Crippen LogP contribution in [0.3, 0.4) is 0 Å². The maximum Gasteiger partial charge on any atom is 0.0547 e. The summed E-state index contributed by atoms with van der Waals surface area (Å²) in [6.45, 7) is 2.30. The molecule has 0 saturated carbocycles. The smallest absolute Gasteiger partial charge is 0.0547 e. The fourth-order valence-corrected chi connectivity index (χ4v) is 6.91. The first-order valence-corrected chi connectivity index (χ1v) is 14.2. The summed E-state index contributed by atoms with van der Waals surface area (Å²) in [5.74, 6) is 0.284. The number of unbranched alkanes of at least 4 members (excludes halogenated alkanes) is 1. The van der Waals surface area contributed by atoms with Gasteiger partial charge in [0.15, 0.2) is 0 Å². The lowest BCUT2D eigenvalue weighted by Crippen LogP contribution is -2.04. The lowest BCUT2D eigenvalue weighted by atomic mass is 9.81. The van der Waals surface area contributed by atoms with Gasteiger partial charge in [0.05, 0.1) is 11.0 Å². The number of para-hydroxylation sites is 2. The van der Waals surface area contributed by atoms with Gasteiger partial charge in [-0.25, -0.2) is 0 Å². The van der Waals surface area contributed by atoms with E-state index in [-0.39, 0.29) is 5.92 Å². The lowest BCUT2D eigenvalue weighted by molar-refractivity contribution is 0.656. The molecule has 0 radical (unpaired) electrons. The minimum absolute atomic E-state index is 0.284. The SMILES string of the molecule is CCCCC(c1cccc2ccc3c4ccccc4[nH]c3c12)c1cccc2ccc3c4ccccc4[nH]c3c12. The minimum atomic E-state index is 0.284. The Morgan fingerprint density at radius 2 is 1.03 bits per heavy atom. The van der Waals surface area contributed by atoms with Crippen LogP contribution in [-0.2, 0) is 0 Å². The summed E-state index contributed by atoms with van der Waals surface area (Å²) in [6, 6.07) is 40.3. The van der Waals surface area contributed by atoms with Gasteiger partial charge in [-0.15, -0.1) is 0 Å². The van der Waals surface area contributed by atoms with E-state index in [9.17, 15) is 0 Å². The van der Waals surface area contributed by atoms with Crippen molar-refractivity contribution in [1.82, 2.24) is 9.97 Å². The minimum Gasteiger partial charge on any atom is -0.354 e. The van der Waals surface area contributed by atoms with Crippen LogP contribution >= 0.6 is 0 Å². The highest BCUT2D eigenvalue weighted by molar-refractivity contribution is 6.19. The molecule has 2 heteroatoms. The number of aromatic amines is 2. The van der Waals surface area contributed by atoms with Gasteiger partial charge in [0.2, 0.25) is 0 Å². The van der Waals surface area contributed by atoms with Crippen molar-refractivity contribution in [3.63, 3.8) is 0 Å². The fourth-order valence-electron chi connectivity index (χ4n) is 6.91. The van der Waals surface area contributed by atoms with Gasteiger partial charge >= 0.3 is 0 Å². The highest BCUT2D eigenvalue weighted by atomic mass is 14.7. The Morgan fingerprint density at radius 3 is 1.54 bits per heavy atom. The Balaban J connectivity index is 1.47. The highest BCUT2D eigenvalue weighted by Crippen LogP contribution is 2.43. The number of benzene rings is 6. The molecule has 0 fully saturated rings. The van der Waals surface area contributed by atoms with E-state index in [1.807, 2.05) is 0 Å². The Bertz CT molecular complexity index is 2020. The zero-order valence-corrected chi connectivity index (χ0v) is 22.1. The molecule has 0 spiro atoms. The molecule has 0 saturated heterocycles. The van der Waals surface area contributed by atoms with Crippen molar-refractivity contribution < 1.29 is 0 Å². The van der Waals surface area contributed by atoms with E-state index in [4.69, 9.17) is 0 Å². The second kappa shape index (κ2) is 8.74. The number of hydrogen-bond acceptors (Lipinski definition) is 0. The van der Waals surface area contributed by atoms with Gasteiger partial charge in [-0.2, -0.15) is 0 Å². The summed E-state index contributed by atoms with van der Waals surface area (Å²) in [7, 11) is 0. The van der Waals surface area contributed by atoms with Crippen molar-refractivity contribution in [2.45, 2.75) is 32.1 Å². The van der Waals surface area contributed by atoms with Crippen molar-refractivity contribution in [2.75, 3.05) is 0 Å². The summed E-state index contributed by atoms with van der Waals surface area (Å²) >= 11 is 0. The van der Waals surface area contributed by atoms with Crippen molar-refractivity contribution in [2.24, 2.45) is 0 Å². The second-order valence-electron chi connectivity index (χ2n) is 10.9. The molecular weight excluding hydrogens is 472 g/mol. The second-order valence-corrected chi connectivity index (χ2v) is 10.9. The number of hydrogen-bond donors (Lipinski definition) is 2. The molecule has 0 aliphatic rings. The Kier molecular flexibility index (Phi) is 5.03. The molecule has 2 aromatic heterocycles. The summed E-state index contributed by atoms with van der Waals surface area (Å²) < 4.78 is 0. The molecule has 39 heavy (non-hydrogen) atoms. The molecule has 6 aromatic carbocycles. The number of fused-ring (bicyclic) bond motifs is 10. The third-order valence-corrected chi connectivity index (χ3v) is 8.71. The monoisotopic (exact) mass is 502 g/mol. The summed E-state index contributed by atoms with van der Waals surface area (Å²) in [6.07, 6.45) is 3.47. The third-order valence-electron chi connectivity index (χ3n) is 8.71. The standard InChI is InChI=1S/C37H30N2/c1-2-3-12-25(28-15-8-10-23-19-21-30-26-13-4-6-17-32(26)38-36(30)34(23)28)29-16-9-11-24-20-22-31-27-14-5-7-18-33(27)39-37(31)35(24)29/h4-11,13-22,25,38-39H,2-3,12H2,1H3. The molecule has 8 rings (SSSR count). The van der Waals surface area contributed by atoms with Crippen LogP contribution in [0, 0.1) is 0 Å². The van der Waals surface area contributed by atoms with Crippen LogP contribution in [0.4, 0.5) is 0 Å². The molecule has 0 atom stereocenters. The molecule has 2 nitrogen and oxygen atoms in total. The molecule has 8 aromatic rings. The van der Waals surface area contributed by atoms with Crippen LogP contribution in [0.1, 0.15) is 43.2 Å². The number of H-pyrrole nitrogens is 2. The van der Waals surface area contributed by atoms with E-state index in [1.165, 1.54) is 89.1 Å². The van der Waals surface area contributed by atoms with Crippen LogP contribution in [-0.4, -0.2) is 9.97 Å². The summed E-state index contributed by atoms with van der Waals surface area (Å²) in [5.41, 5.74) is 7.73. The van der Waals surface area contributed by atoms with Gasteiger partial charge in [-0.1, -0.05) is 117 Å². The zero-order valence-electron chi connectivity index (χ0n) is 22.1. The Hall–Kier alpha value is -4.56.